The largest absolute Gasteiger partial charge is 0.487 e. The molecule has 2 aromatic rings. The number of benzene rings is 1. The van der Waals surface area contributed by atoms with Crippen LogP contribution in [0, 0.1) is 23.7 Å². The Kier molecular flexibility index (Phi) is 7.53. The second kappa shape index (κ2) is 10.4. The van der Waals surface area contributed by atoms with Gasteiger partial charge in [-0.3, -0.25) is 4.90 Å². The quantitative estimate of drug-likeness (QED) is 0.628. The summed E-state index contributed by atoms with van der Waals surface area (Å²) >= 11 is 0. The van der Waals surface area contributed by atoms with Crippen molar-refractivity contribution in [1.29, 1.82) is 0 Å². The molecule has 1 saturated carbocycles. The second-order valence-corrected chi connectivity index (χ2v) is 11.2. The molecule has 0 saturated heterocycles. The van der Waals surface area contributed by atoms with Crippen molar-refractivity contribution in [2.45, 2.75) is 50.3 Å². The first-order chi connectivity index (χ1) is 16.3. The van der Waals surface area contributed by atoms with Crippen LogP contribution in [0.4, 0.5) is 0 Å². The molecule has 0 bridgehead atoms. The molecular weight excluding hydrogens is 452 g/mol. The number of rotatable bonds is 6. The summed E-state index contributed by atoms with van der Waals surface area (Å²) in [5, 5.41) is 9.79. The highest BCUT2D eigenvalue weighted by atomic mass is 32.2. The number of likely N-dealkylation sites (N-methyl/N-ethyl adjacent to an activating group) is 1. The van der Waals surface area contributed by atoms with Gasteiger partial charge in [0.25, 0.3) is 0 Å². The minimum Gasteiger partial charge on any atom is -0.487 e. The van der Waals surface area contributed by atoms with E-state index in [0.29, 0.717) is 24.8 Å². The summed E-state index contributed by atoms with van der Waals surface area (Å²) < 4.78 is 34.9. The number of aliphatic hydroxyl groups is 1. The fourth-order valence-electron chi connectivity index (χ4n) is 4.03. The highest BCUT2D eigenvalue weighted by Crippen LogP contribution is 2.34. The molecule has 0 spiro atoms. The van der Waals surface area contributed by atoms with Crippen molar-refractivity contribution in [2.24, 2.45) is 11.8 Å². The van der Waals surface area contributed by atoms with Crippen LogP contribution in [0.3, 0.4) is 0 Å². The monoisotopic (exact) mass is 484 g/mol. The summed E-state index contributed by atoms with van der Waals surface area (Å²) in [6, 6.07) is 4.50. The normalized spacial score (nSPS) is 23.1. The fourth-order valence-corrected chi connectivity index (χ4v) is 5.86. The van der Waals surface area contributed by atoms with Gasteiger partial charge >= 0.3 is 0 Å². The first-order valence-corrected chi connectivity index (χ1v) is 13.1. The molecule has 0 amide bonds. The summed E-state index contributed by atoms with van der Waals surface area (Å²) in [5.74, 6) is 7.02. The first-order valence-electron chi connectivity index (χ1n) is 11.6. The second-order valence-electron chi connectivity index (χ2n) is 9.39. The van der Waals surface area contributed by atoms with E-state index in [4.69, 9.17) is 4.74 Å². The Labute approximate surface area is 202 Å². The molecule has 1 aliphatic heterocycles. The standard InChI is InChI=1S/C25H32N4O4S/c1-18-13-29(19(2)16-30)34(31,32)25-9-8-21(7-6-20-4-5-20)10-23(25)33-24(18)15-28(3)14-22-11-26-17-27-12-22/h8-12,17-20,24,30H,4-5,13-16H2,1-3H3/t18-,19-,24-/m0/s1. The zero-order chi connectivity index (χ0) is 24.3. The van der Waals surface area contributed by atoms with E-state index in [9.17, 15) is 13.5 Å². The minimum absolute atomic E-state index is 0.112. The van der Waals surface area contributed by atoms with E-state index in [0.717, 1.165) is 24.0 Å². The van der Waals surface area contributed by atoms with Gasteiger partial charge in [0.1, 0.15) is 23.1 Å². The van der Waals surface area contributed by atoms with Gasteiger partial charge in [0.2, 0.25) is 10.0 Å². The molecule has 1 aromatic heterocycles. The Morgan fingerprint density at radius 2 is 2.03 bits per heavy atom. The van der Waals surface area contributed by atoms with Gasteiger partial charge in [-0.25, -0.2) is 18.4 Å². The Morgan fingerprint density at radius 1 is 1.29 bits per heavy atom. The summed E-state index contributed by atoms with van der Waals surface area (Å²) in [5.41, 5.74) is 1.73. The van der Waals surface area contributed by atoms with E-state index in [1.165, 1.54) is 10.6 Å². The van der Waals surface area contributed by atoms with Crippen molar-refractivity contribution < 1.29 is 18.3 Å². The number of hydrogen-bond acceptors (Lipinski definition) is 7. The third-order valence-corrected chi connectivity index (χ3v) is 8.24. The maximum Gasteiger partial charge on any atom is 0.247 e. The van der Waals surface area contributed by atoms with E-state index < -0.39 is 16.1 Å². The summed E-state index contributed by atoms with van der Waals surface area (Å²) in [6.45, 7) is 4.92. The van der Waals surface area contributed by atoms with Crippen LogP contribution >= 0.6 is 0 Å². The van der Waals surface area contributed by atoms with Gasteiger partial charge in [-0.2, -0.15) is 4.31 Å². The van der Waals surface area contributed by atoms with Crippen molar-refractivity contribution >= 4 is 10.0 Å². The highest BCUT2D eigenvalue weighted by Gasteiger charge is 2.38. The maximum atomic E-state index is 13.6. The Hall–Kier alpha value is -2.51. The van der Waals surface area contributed by atoms with Crippen LogP contribution in [0.2, 0.25) is 0 Å². The van der Waals surface area contributed by atoms with Gasteiger partial charge in [0, 0.05) is 61.0 Å². The number of nitrogens with zero attached hydrogens (tertiary/aromatic N) is 4. The van der Waals surface area contributed by atoms with E-state index in [1.54, 1.807) is 37.5 Å². The number of sulfonamides is 1. The smallest absolute Gasteiger partial charge is 0.247 e. The molecule has 0 radical (unpaired) electrons. The molecule has 34 heavy (non-hydrogen) atoms. The lowest BCUT2D eigenvalue weighted by molar-refractivity contribution is 0.0733. The molecule has 2 aliphatic rings. The van der Waals surface area contributed by atoms with Crippen LogP contribution in [0.1, 0.15) is 37.8 Å². The number of aromatic nitrogens is 2. The van der Waals surface area contributed by atoms with E-state index in [2.05, 4.69) is 26.7 Å². The number of aliphatic hydroxyl groups excluding tert-OH is 1. The van der Waals surface area contributed by atoms with Gasteiger partial charge in [-0.1, -0.05) is 18.8 Å². The van der Waals surface area contributed by atoms with Gasteiger partial charge < -0.3 is 9.84 Å². The predicted molar refractivity (Wildman–Crippen MR) is 128 cm³/mol. The topological polar surface area (TPSA) is 95.9 Å². The van der Waals surface area contributed by atoms with Crippen LogP contribution < -0.4 is 4.74 Å². The van der Waals surface area contributed by atoms with Gasteiger partial charge in [0.05, 0.1) is 6.61 Å². The highest BCUT2D eigenvalue weighted by molar-refractivity contribution is 7.89. The average molecular weight is 485 g/mol. The van der Waals surface area contributed by atoms with Crippen molar-refractivity contribution in [3.63, 3.8) is 0 Å². The summed E-state index contributed by atoms with van der Waals surface area (Å²) in [7, 11) is -1.86. The molecule has 1 N–H and O–H groups in total. The lowest BCUT2D eigenvalue weighted by Gasteiger charge is -2.37. The zero-order valence-corrected chi connectivity index (χ0v) is 20.7. The number of fused-ring (bicyclic) bond motifs is 1. The Bertz CT molecular complexity index is 1160. The molecule has 3 atom stereocenters. The molecule has 4 rings (SSSR count). The fraction of sp³-hybridized carbons (Fsp3) is 0.520. The Morgan fingerprint density at radius 3 is 2.71 bits per heavy atom. The number of ether oxygens (including phenoxy) is 1. The van der Waals surface area contributed by atoms with Crippen molar-refractivity contribution in [3.05, 3.63) is 48.0 Å². The van der Waals surface area contributed by atoms with Gasteiger partial charge in [-0.15, -0.1) is 0 Å². The molecule has 0 unspecified atom stereocenters. The molecule has 182 valence electrons. The number of hydrogen-bond donors (Lipinski definition) is 1. The molecule has 9 heteroatoms. The molecule has 1 aromatic carbocycles. The zero-order valence-electron chi connectivity index (χ0n) is 19.9. The lowest BCUT2D eigenvalue weighted by atomic mass is 10.0. The van der Waals surface area contributed by atoms with E-state index in [-0.39, 0.29) is 30.1 Å². The lowest BCUT2D eigenvalue weighted by Crippen LogP contribution is -2.49. The molecule has 1 fully saturated rings. The van der Waals surface area contributed by atoms with Crippen molar-refractivity contribution in [1.82, 2.24) is 19.2 Å². The molecule has 1 aliphatic carbocycles. The van der Waals surface area contributed by atoms with Crippen LogP contribution in [-0.4, -0.2) is 71.6 Å². The first kappa shape index (κ1) is 24.6. The minimum atomic E-state index is -3.85. The summed E-state index contributed by atoms with van der Waals surface area (Å²) in [4.78, 5) is 10.4. The van der Waals surface area contributed by atoms with Crippen LogP contribution in [0.15, 0.2) is 41.8 Å². The van der Waals surface area contributed by atoms with Crippen LogP contribution in [0.5, 0.6) is 5.75 Å². The molecule has 2 heterocycles. The van der Waals surface area contributed by atoms with Crippen LogP contribution in [-0.2, 0) is 16.6 Å². The van der Waals surface area contributed by atoms with Gasteiger partial charge in [-0.05, 0) is 45.0 Å². The molecule has 8 nitrogen and oxygen atoms in total. The van der Waals surface area contributed by atoms with Gasteiger partial charge in [0.15, 0.2) is 0 Å². The SMILES string of the molecule is C[C@H]1CN([C@@H](C)CO)S(=O)(=O)c2ccc(C#CC3CC3)cc2O[C@H]1CN(C)Cc1cncnc1. The summed E-state index contributed by atoms with van der Waals surface area (Å²) in [6.07, 6.45) is 7.03. The average Bonchev–Trinajstić information content (AvgIpc) is 3.64. The molecular formula is C25H32N4O4S. The van der Waals surface area contributed by atoms with E-state index in [1.807, 2.05) is 14.0 Å². The van der Waals surface area contributed by atoms with Crippen molar-refractivity contribution in [3.8, 4) is 17.6 Å². The maximum absolute atomic E-state index is 13.6. The van der Waals surface area contributed by atoms with Crippen LogP contribution in [0.25, 0.3) is 0 Å². The van der Waals surface area contributed by atoms with Crippen molar-refractivity contribution in [2.75, 3.05) is 26.7 Å². The third kappa shape index (κ3) is 5.76. The predicted octanol–water partition coefficient (Wildman–Crippen LogP) is 2.14. The Balaban J connectivity index is 1.66. The van der Waals surface area contributed by atoms with E-state index >= 15 is 0 Å². The third-order valence-electron chi connectivity index (χ3n) is 6.22.